The summed E-state index contributed by atoms with van der Waals surface area (Å²) in [5.74, 6) is 0. The van der Waals surface area contributed by atoms with E-state index in [1.54, 1.807) is 6.20 Å². The summed E-state index contributed by atoms with van der Waals surface area (Å²) < 4.78 is 0. The predicted octanol–water partition coefficient (Wildman–Crippen LogP) is 2.97. The third-order valence-electron chi connectivity index (χ3n) is 4.28. The third-order valence-corrected chi connectivity index (χ3v) is 4.28. The molecule has 2 unspecified atom stereocenters. The molecule has 20 heavy (non-hydrogen) atoms. The van der Waals surface area contributed by atoms with E-state index in [0.29, 0.717) is 6.04 Å². The monoisotopic (exact) mass is 270 g/mol. The maximum Gasteiger partial charge on any atom is 0.0883 e. The van der Waals surface area contributed by atoms with Crippen LogP contribution in [0.2, 0.25) is 0 Å². The first-order valence-electron chi connectivity index (χ1n) is 7.46. The van der Waals surface area contributed by atoms with E-state index in [-0.39, 0.29) is 0 Å². The lowest BCUT2D eigenvalue weighted by atomic mass is 9.86. The van der Waals surface area contributed by atoms with Crippen molar-refractivity contribution in [3.63, 3.8) is 0 Å². The molecule has 1 aliphatic rings. The molecular formula is C17H22N2O. The summed E-state index contributed by atoms with van der Waals surface area (Å²) in [5, 5.41) is 15.4. The van der Waals surface area contributed by atoms with Gasteiger partial charge in [0.2, 0.25) is 0 Å². The second-order valence-electron chi connectivity index (χ2n) is 6.04. The van der Waals surface area contributed by atoms with Gasteiger partial charge in [-0.2, -0.15) is 0 Å². The van der Waals surface area contributed by atoms with Crippen molar-refractivity contribution >= 4 is 10.9 Å². The molecule has 2 heterocycles. The van der Waals surface area contributed by atoms with Gasteiger partial charge in [0.05, 0.1) is 11.1 Å². The van der Waals surface area contributed by atoms with E-state index in [1.165, 1.54) is 12.8 Å². The van der Waals surface area contributed by atoms with Gasteiger partial charge in [0.25, 0.3) is 0 Å². The average molecular weight is 270 g/mol. The van der Waals surface area contributed by atoms with Gasteiger partial charge in [-0.05, 0) is 56.5 Å². The molecule has 0 aliphatic carbocycles. The van der Waals surface area contributed by atoms with Crippen LogP contribution in [0.5, 0.6) is 0 Å². The molecule has 2 atom stereocenters. The molecule has 2 N–H and O–H groups in total. The molecule has 0 amide bonds. The van der Waals surface area contributed by atoms with Crippen LogP contribution in [0.15, 0.2) is 36.5 Å². The van der Waals surface area contributed by atoms with Crippen molar-refractivity contribution in [2.24, 2.45) is 0 Å². The number of pyridine rings is 1. The normalized spacial score (nSPS) is 22.6. The Morgan fingerprint density at radius 2 is 2.25 bits per heavy atom. The fraction of sp³-hybridized carbons (Fsp3) is 0.471. The van der Waals surface area contributed by atoms with Crippen LogP contribution in [0.25, 0.3) is 10.9 Å². The Bertz CT molecular complexity index is 588. The Morgan fingerprint density at radius 3 is 3.05 bits per heavy atom. The zero-order valence-corrected chi connectivity index (χ0v) is 12.0. The molecule has 1 aromatic heterocycles. The van der Waals surface area contributed by atoms with Crippen LogP contribution in [-0.4, -0.2) is 22.7 Å². The highest BCUT2D eigenvalue weighted by Gasteiger charge is 2.28. The lowest BCUT2D eigenvalue weighted by molar-refractivity contribution is 0.0333. The summed E-state index contributed by atoms with van der Waals surface area (Å²) in [6.07, 6.45) is 6.23. The van der Waals surface area contributed by atoms with E-state index in [1.807, 2.05) is 31.2 Å². The molecule has 0 radical (unpaired) electrons. The number of hydrogen-bond donors (Lipinski definition) is 2. The number of fused-ring (bicyclic) bond motifs is 1. The van der Waals surface area contributed by atoms with Crippen LogP contribution in [0.3, 0.4) is 0 Å². The first-order valence-corrected chi connectivity index (χ1v) is 7.46. The van der Waals surface area contributed by atoms with Crippen molar-refractivity contribution in [3.05, 3.63) is 42.1 Å². The minimum Gasteiger partial charge on any atom is -0.385 e. The van der Waals surface area contributed by atoms with E-state index in [0.717, 1.165) is 35.9 Å². The number of nitrogens with zero attached hydrogens (tertiary/aromatic N) is 1. The highest BCUT2D eigenvalue weighted by Crippen LogP contribution is 2.30. The third kappa shape index (κ3) is 2.84. The first-order chi connectivity index (χ1) is 9.65. The quantitative estimate of drug-likeness (QED) is 0.901. The van der Waals surface area contributed by atoms with Gasteiger partial charge in [-0.15, -0.1) is 0 Å². The fourth-order valence-electron chi connectivity index (χ4n) is 3.11. The van der Waals surface area contributed by atoms with Gasteiger partial charge in [0.15, 0.2) is 0 Å². The Morgan fingerprint density at radius 1 is 1.35 bits per heavy atom. The second-order valence-corrected chi connectivity index (χ2v) is 6.04. The standard InChI is InChI=1S/C17H22N2O/c1-17(20,12-15-6-2-3-9-18-15)14-7-8-16-13(11-14)5-4-10-19-16/h4-5,7-8,10-11,15,18,20H,2-3,6,9,12H2,1H3. The van der Waals surface area contributed by atoms with Gasteiger partial charge in [-0.25, -0.2) is 0 Å². The molecular weight excluding hydrogens is 248 g/mol. The number of benzene rings is 1. The summed E-state index contributed by atoms with van der Waals surface area (Å²) in [7, 11) is 0. The van der Waals surface area contributed by atoms with E-state index in [4.69, 9.17) is 0 Å². The van der Waals surface area contributed by atoms with E-state index in [2.05, 4.69) is 16.4 Å². The summed E-state index contributed by atoms with van der Waals surface area (Å²) in [5.41, 5.74) is 1.16. The van der Waals surface area contributed by atoms with Crippen LogP contribution < -0.4 is 5.32 Å². The second kappa shape index (κ2) is 5.51. The number of aliphatic hydroxyl groups is 1. The molecule has 1 aromatic carbocycles. The first kappa shape index (κ1) is 13.5. The molecule has 2 aromatic rings. The zero-order chi connectivity index (χ0) is 14.0. The van der Waals surface area contributed by atoms with Crippen molar-refractivity contribution in [3.8, 4) is 0 Å². The molecule has 3 rings (SSSR count). The van der Waals surface area contributed by atoms with Crippen molar-refractivity contribution in [2.75, 3.05) is 6.54 Å². The summed E-state index contributed by atoms with van der Waals surface area (Å²) in [4.78, 5) is 4.33. The Hall–Kier alpha value is -1.45. The van der Waals surface area contributed by atoms with Gasteiger partial charge < -0.3 is 10.4 Å². The molecule has 1 aliphatic heterocycles. The van der Waals surface area contributed by atoms with Crippen molar-refractivity contribution in [1.29, 1.82) is 0 Å². The van der Waals surface area contributed by atoms with E-state index >= 15 is 0 Å². The van der Waals surface area contributed by atoms with Crippen LogP contribution in [0.1, 0.15) is 38.2 Å². The van der Waals surface area contributed by atoms with Gasteiger partial charge in [0.1, 0.15) is 0 Å². The SMILES string of the molecule is CC(O)(CC1CCCCN1)c1ccc2ncccc2c1. The highest BCUT2D eigenvalue weighted by molar-refractivity contribution is 5.79. The van der Waals surface area contributed by atoms with Crippen molar-refractivity contribution < 1.29 is 5.11 Å². The summed E-state index contributed by atoms with van der Waals surface area (Å²) >= 11 is 0. The number of piperidine rings is 1. The molecule has 0 bridgehead atoms. The fourth-order valence-corrected chi connectivity index (χ4v) is 3.11. The molecule has 0 saturated carbocycles. The van der Waals surface area contributed by atoms with E-state index < -0.39 is 5.60 Å². The van der Waals surface area contributed by atoms with Gasteiger partial charge in [0, 0.05) is 17.6 Å². The smallest absolute Gasteiger partial charge is 0.0883 e. The average Bonchev–Trinajstić information content (AvgIpc) is 2.47. The number of nitrogens with one attached hydrogen (secondary N) is 1. The number of rotatable bonds is 3. The van der Waals surface area contributed by atoms with Crippen LogP contribution in [0, 0.1) is 0 Å². The predicted molar refractivity (Wildman–Crippen MR) is 81.6 cm³/mol. The molecule has 106 valence electrons. The maximum atomic E-state index is 10.8. The van der Waals surface area contributed by atoms with Crippen LogP contribution in [0.4, 0.5) is 0 Å². The minimum absolute atomic E-state index is 0.420. The largest absolute Gasteiger partial charge is 0.385 e. The number of hydrogen-bond acceptors (Lipinski definition) is 3. The molecule has 1 saturated heterocycles. The van der Waals surface area contributed by atoms with Crippen LogP contribution >= 0.6 is 0 Å². The van der Waals surface area contributed by atoms with Crippen molar-refractivity contribution in [2.45, 2.75) is 44.2 Å². The lowest BCUT2D eigenvalue weighted by Crippen LogP contribution is -2.39. The van der Waals surface area contributed by atoms with E-state index in [9.17, 15) is 5.11 Å². The topological polar surface area (TPSA) is 45.1 Å². The highest BCUT2D eigenvalue weighted by atomic mass is 16.3. The Kier molecular flexibility index (Phi) is 3.72. The Labute approximate surface area is 120 Å². The summed E-state index contributed by atoms with van der Waals surface area (Å²) in [6.45, 7) is 2.99. The van der Waals surface area contributed by atoms with Crippen molar-refractivity contribution in [1.82, 2.24) is 10.3 Å². The lowest BCUT2D eigenvalue weighted by Gasteiger charge is -2.32. The Balaban J connectivity index is 1.83. The number of aromatic nitrogens is 1. The van der Waals surface area contributed by atoms with Crippen LogP contribution in [-0.2, 0) is 5.60 Å². The molecule has 1 fully saturated rings. The summed E-state index contributed by atoms with van der Waals surface area (Å²) in [6, 6.07) is 10.4. The molecule has 0 spiro atoms. The molecule has 3 heteroatoms. The minimum atomic E-state index is -0.793. The van der Waals surface area contributed by atoms with Gasteiger partial charge in [-0.1, -0.05) is 18.6 Å². The van der Waals surface area contributed by atoms with Gasteiger partial charge in [-0.3, -0.25) is 4.98 Å². The molecule has 3 nitrogen and oxygen atoms in total. The zero-order valence-electron chi connectivity index (χ0n) is 12.0. The van der Waals surface area contributed by atoms with Gasteiger partial charge >= 0.3 is 0 Å². The maximum absolute atomic E-state index is 10.8.